The van der Waals surface area contributed by atoms with Crippen molar-refractivity contribution in [1.29, 1.82) is 0 Å². The first kappa shape index (κ1) is 12.8. The van der Waals surface area contributed by atoms with Crippen LogP contribution in [0, 0.1) is 0 Å². The molecule has 96 valence electrons. The van der Waals surface area contributed by atoms with Crippen molar-refractivity contribution in [2.75, 3.05) is 18.0 Å². The molecule has 0 spiro atoms. The lowest BCUT2D eigenvalue weighted by Crippen LogP contribution is -2.28. The van der Waals surface area contributed by atoms with Gasteiger partial charge in [-0.1, -0.05) is 24.7 Å². The summed E-state index contributed by atoms with van der Waals surface area (Å²) in [6.45, 7) is 8.66. The molecule has 3 nitrogen and oxygen atoms in total. The molecule has 0 atom stereocenters. The van der Waals surface area contributed by atoms with E-state index in [1.807, 2.05) is 0 Å². The first-order valence-corrected chi connectivity index (χ1v) is 7.38. The summed E-state index contributed by atoms with van der Waals surface area (Å²) in [7, 11) is 0. The van der Waals surface area contributed by atoms with Gasteiger partial charge in [0.05, 0.1) is 5.69 Å². The lowest BCUT2D eigenvalue weighted by atomic mass is 10.0. The van der Waals surface area contributed by atoms with Crippen LogP contribution in [0.4, 0.5) is 5.13 Å². The average Bonchev–Trinajstić information content (AvgIpc) is 2.82. The highest BCUT2D eigenvalue weighted by Crippen LogP contribution is 2.34. The SMILES string of the molecule is CCCc1nc(N2CCCC2)sc1C(C)(C)N. The molecule has 17 heavy (non-hydrogen) atoms. The van der Waals surface area contributed by atoms with E-state index in [0.29, 0.717) is 0 Å². The van der Waals surface area contributed by atoms with Crippen molar-refractivity contribution in [2.45, 2.75) is 52.0 Å². The van der Waals surface area contributed by atoms with E-state index in [9.17, 15) is 0 Å². The van der Waals surface area contributed by atoms with E-state index in [-0.39, 0.29) is 5.54 Å². The fraction of sp³-hybridized carbons (Fsp3) is 0.769. The minimum absolute atomic E-state index is 0.264. The van der Waals surface area contributed by atoms with Crippen molar-refractivity contribution in [3.8, 4) is 0 Å². The van der Waals surface area contributed by atoms with Crippen LogP contribution in [-0.4, -0.2) is 18.1 Å². The maximum atomic E-state index is 6.25. The molecule has 2 rings (SSSR count). The minimum Gasteiger partial charge on any atom is -0.348 e. The first-order valence-electron chi connectivity index (χ1n) is 6.56. The average molecular weight is 253 g/mol. The molecule has 1 aliphatic heterocycles. The lowest BCUT2D eigenvalue weighted by molar-refractivity contribution is 0.557. The normalized spacial score (nSPS) is 16.8. The van der Waals surface area contributed by atoms with E-state index < -0.39 is 0 Å². The zero-order valence-corrected chi connectivity index (χ0v) is 11.9. The van der Waals surface area contributed by atoms with Crippen molar-refractivity contribution in [1.82, 2.24) is 4.98 Å². The molecule has 0 unspecified atom stereocenters. The highest BCUT2D eigenvalue weighted by atomic mass is 32.1. The Morgan fingerprint density at radius 1 is 1.35 bits per heavy atom. The molecule has 0 radical (unpaired) electrons. The van der Waals surface area contributed by atoms with E-state index in [1.54, 1.807) is 11.3 Å². The van der Waals surface area contributed by atoms with Crippen LogP contribution >= 0.6 is 11.3 Å². The van der Waals surface area contributed by atoms with Gasteiger partial charge in [0.15, 0.2) is 5.13 Å². The van der Waals surface area contributed by atoms with Gasteiger partial charge in [-0.15, -0.1) is 0 Å². The second kappa shape index (κ2) is 4.94. The van der Waals surface area contributed by atoms with Crippen molar-refractivity contribution >= 4 is 16.5 Å². The summed E-state index contributed by atoms with van der Waals surface area (Å²) in [5.74, 6) is 0. The Bertz CT molecular complexity index is 373. The molecule has 1 aliphatic rings. The maximum Gasteiger partial charge on any atom is 0.185 e. The number of hydrogen-bond acceptors (Lipinski definition) is 4. The number of aromatic nitrogens is 1. The number of nitrogens with zero attached hydrogens (tertiary/aromatic N) is 2. The molecule has 2 heterocycles. The summed E-state index contributed by atoms with van der Waals surface area (Å²) in [5.41, 5.74) is 7.20. The summed E-state index contributed by atoms with van der Waals surface area (Å²) in [5, 5.41) is 1.18. The van der Waals surface area contributed by atoms with E-state index in [4.69, 9.17) is 10.7 Å². The van der Waals surface area contributed by atoms with Crippen LogP contribution < -0.4 is 10.6 Å². The third-order valence-electron chi connectivity index (χ3n) is 3.13. The fourth-order valence-electron chi connectivity index (χ4n) is 2.29. The molecule has 0 bridgehead atoms. The van der Waals surface area contributed by atoms with Gasteiger partial charge in [-0.05, 0) is 33.1 Å². The number of hydrogen-bond donors (Lipinski definition) is 1. The van der Waals surface area contributed by atoms with Crippen LogP contribution in [0.25, 0.3) is 0 Å². The van der Waals surface area contributed by atoms with Gasteiger partial charge in [0.25, 0.3) is 0 Å². The molecular formula is C13H23N3S. The molecule has 0 aliphatic carbocycles. The number of aryl methyl sites for hydroxylation is 1. The van der Waals surface area contributed by atoms with Crippen LogP contribution in [0.15, 0.2) is 0 Å². The lowest BCUT2D eigenvalue weighted by Gasteiger charge is -2.17. The molecule has 0 amide bonds. The Morgan fingerprint density at radius 3 is 2.53 bits per heavy atom. The third-order valence-corrected chi connectivity index (χ3v) is 4.63. The van der Waals surface area contributed by atoms with Crippen molar-refractivity contribution in [2.24, 2.45) is 5.73 Å². The van der Waals surface area contributed by atoms with E-state index in [0.717, 1.165) is 25.9 Å². The second-order valence-corrected chi connectivity index (χ2v) is 6.42. The standard InChI is InChI=1S/C13H23N3S/c1-4-7-10-11(13(2,3)14)17-12(15-10)16-8-5-6-9-16/h4-9,14H2,1-3H3. The number of anilines is 1. The van der Waals surface area contributed by atoms with Crippen molar-refractivity contribution in [3.05, 3.63) is 10.6 Å². The van der Waals surface area contributed by atoms with Gasteiger partial charge in [-0.2, -0.15) is 0 Å². The molecule has 1 aromatic heterocycles. The molecule has 4 heteroatoms. The highest BCUT2D eigenvalue weighted by molar-refractivity contribution is 7.15. The van der Waals surface area contributed by atoms with Crippen LogP contribution in [0.3, 0.4) is 0 Å². The minimum atomic E-state index is -0.264. The summed E-state index contributed by atoms with van der Waals surface area (Å²) in [6, 6.07) is 0. The smallest absolute Gasteiger partial charge is 0.185 e. The third kappa shape index (κ3) is 2.80. The van der Waals surface area contributed by atoms with Crippen LogP contribution in [-0.2, 0) is 12.0 Å². The van der Waals surface area contributed by atoms with Gasteiger partial charge < -0.3 is 10.6 Å². The molecule has 1 saturated heterocycles. The van der Waals surface area contributed by atoms with Crippen LogP contribution in [0.5, 0.6) is 0 Å². The Morgan fingerprint density at radius 2 is 2.00 bits per heavy atom. The summed E-state index contributed by atoms with van der Waals surface area (Å²) in [4.78, 5) is 8.48. The van der Waals surface area contributed by atoms with Gasteiger partial charge >= 0.3 is 0 Å². The Balaban J connectivity index is 2.29. The Labute approximate surface area is 108 Å². The Hall–Kier alpha value is -0.610. The number of thiazole rings is 1. The van der Waals surface area contributed by atoms with Gasteiger partial charge in [0.2, 0.25) is 0 Å². The fourth-order valence-corrected chi connectivity index (χ4v) is 3.47. The summed E-state index contributed by atoms with van der Waals surface area (Å²) in [6.07, 6.45) is 4.76. The number of rotatable bonds is 4. The monoisotopic (exact) mass is 253 g/mol. The maximum absolute atomic E-state index is 6.25. The Kier molecular flexibility index (Phi) is 3.73. The second-order valence-electron chi connectivity index (χ2n) is 5.44. The molecular weight excluding hydrogens is 230 g/mol. The summed E-state index contributed by atoms with van der Waals surface area (Å²) >= 11 is 1.79. The zero-order chi connectivity index (χ0) is 12.5. The number of nitrogens with two attached hydrogens (primary N) is 1. The topological polar surface area (TPSA) is 42.2 Å². The van der Waals surface area contributed by atoms with Gasteiger partial charge in [0, 0.05) is 23.5 Å². The van der Waals surface area contributed by atoms with E-state index >= 15 is 0 Å². The predicted octanol–water partition coefficient (Wildman–Crippen LogP) is 2.89. The van der Waals surface area contributed by atoms with Gasteiger partial charge in [-0.25, -0.2) is 4.98 Å². The van der Waals surface area contributed by atoms with Crippen LogP contribution in [0.1, 0.15) is 50.6 Å². The summed E-state index contributed by atoms with van der Waals surface area (Å²) < 4.78 is 0. The molecule has 0 saturated carbocycles. The first-order chi connectivity index (χ1) is 8.02. The van der Waals surface area contributed by atoms with Crippen LogP contribution in [0.2, 0.25) is 0 Å². The molecule has 1 aromatic rings. The van der Waals surface area contributed by atoms with Crippen molar-refractivity contribution < 1.29 is 0 Å². The van der Waals surface area contributed by atoms with Gasteiger partial charge in [-0.3, -0.25) is 0 Å². The predicted molar refractivity (Wildman–Crippen MR) is 74.8 cm³/mol. The zero-order valence-electron chi connectivity index (χ0n) is 11.1. The van der Waals surface area contributed by atoms with Gasteiger partial charge in [0.1, 0.15) is 0 Å². The quantitative estimate of drug-likeness (QED) is 0.897. The highest BCUT2D eigenvalue weighted by Gasteiger charge is 2.25. The molecule has 0 aromatic carbocycles. The molecule has 2 N–H and O–H groups in total. The largest absolute Gasteiger partial charge is 0.348 e. The van der Waals surface area contributed by atoms with Crippen molar-refractivity contribution in [3.63, 3.8) is 0 Å². The molecule has 1 fully saturated rings. The van der Waals surface area contributed by atoms with E-state index in [2.05, 4.69) is 25.7 Å². The van der Waals surface area contributed by atoms with E-state index in [1.165, 1.54) is 28.5 Å².